The van der Waals surface area contributed by atoms with Gasteiger partial charge in [-0.2, -0.15) is 5.26 Å². The largest absolute Gasteiger partial charge is 0.493 e. The molecule has 0 aromatic heterocycles. The Labute approximate surface area is 186 Å². The van der Waals surface area contributed by atoms with Crippen LogP contribution in [0.4, 0.5) is 0 Å². The Hall–Kier alpha value is -1.09. The number of piperazine rings is 1. The molecule has 1 heterocycles. The van der Waals surface area contributed by atoms with E-state index in [1.165, 1.54) is 50.5 Å². The summed E-state index contributed by atoms with van der Waals surface area (Å²) in [7, 11) is 0. The summed E-state index contributed by atoms with van der Waals surface area (Å²) in [6.07, 6.45) is 11.2. The zero-order valence-corrected chi connectivity index (χ0v) is 19.8. The Morgan fingerprint density at radius 2 is 1.62 bits per heavy atom. The predicted molar refractivity (Wildman–Crippen MR) is 124 cm³/mol. The van der Waals surface area contributed by atoms with Gasteiger partial charge >= 0.3 is 0 Å². The molecular formula is C24H38BrN3O. The lowest BCUT2D eigenvalue weighted by molar-refractivity contribution is 0.128. The van der Waals surface area contributed by atoms with Gasteiger partial charge in [-0.3, -0.25) is 9.80 Å². The average Bonchev–Trinajstić information content (AvgIpc) is 2.73. The monoisotopic (exact) mass is 463 g/mol. The Bertz CT molecular complexity index is 609. The van der Waals surface area contributed by atoms with Crippen LogP contribution in [0.15, 0.2) is 22.7 Å². The molecule has 1 fully saturated rings. The molecule has 0 amide bonds. The van der Waals surface area contributed by atoms with Crippen LogP contribution < -0.4 is 4.74 Å². The van der Waals surface area contributed by atoms with Crippen LogP contribution in [0, 0.1) is 11.3 Å². The van der Waals surface area contributed by atoms with E-state index in [1.54, 1.807) is 0 Å². The summed E-state index contributed by atoms with van der Waals surface area (Å²) >= 11 is 3.61. The number of hydrogen-bond donors (Lipinski definition) is 0. The Balaban J connectivity index is 1.70. The van der Waals surface area contributed by atoms with E-state index in [2.05, 4.69) is 56.9 Å². The van der Waals surface area contributed by atoms with Crippen LogP contribution in [0.1, 0.15) is 70.3 Å². The van der Waals surface area contributed by atoms with Crippen molar-refractivity contribution in [1.82, 2.24) is 9.80 Å². The Morgan fingerprint density at radius 1 is 0.966 bits per heavy atom. The highest BCUT2D eigenvalue weighted by Crippen LogP contribution is 2.25. The molecular weight excluding hydrogens is 426 g/mol. The maximum absolute atomic E-state index is 8.76. The summed E-state index contributed by atoms with van der Waals surface area (Å²) in [5.41, 5.74) is 1.27. The molecule has 4 nitrogen and oxygen atoms in total. The van der Waals surface area contributed by atoms with Gasteiger partial charge in [0, 0.05) is 55.7 Å². The first-order chi connectivity index (χ1) is 14.2. The quantitative estimate of drug-likeness (QED) is 0.317. The van der Waals surface area contributed by atoms with Gasteiger partial charge in [0.15, 0.2) is 0 Å². The highest BCUT2D eigenvalue weighted by molar-refractivity contribution is 9.10. The lowest BCUT2D eigenvalue weighted by Gasteiger charge is -2.34. The zero-order valence-electron chi connectivity index (χ0n) is 18.2. The van der Waals surface area contributed by atoms with Crippen molar-refractivity contribution in [2.75, 3.05) is 39.3 Å². The van der Waals surface area contributed by atoms with Crippen LogP contribution in [0.2, 0.25) is 0 Å². The minimum absolute atomic E-state index is 0.627. The second-order valence-electron chi connectivity index (χ2n) is 8.10. The van der Waals surface area contributed by atoms with Gasteiger partial charge in [-0.05, 0) is 24.6 Å². The summed E-state index contributed by atoms with van der Waals surface area (Å²) < 4.78 is 7.27. The summed E-state index contributed by atoms with van der Waals surface area (Å²) in [5.74, 6) is 1.03. The van der Waals surface area contributed by atoms with Crippen LogP contribution in [0.25, 0.3) is 0 Å². The molecule has 1 aliphatic rings. The van der Waals surface area contributed by atoms with Crippen molar-refractivity contribution in [2.45, 2.75) is 71.3 Å². The molecule has 0 bridgehead atoms. The number of halogens is 1. The minimum Gasteiger partial charge on any atom is -0.493 e. The maximum atomic E-state index is 8.76. The SMILES string of the molecule is CCCCCCCCCCOc1ccc(Br)cc1CN1CCN(CCC#N)CC1. The van der Waals surface area contributed by atoms with Gasteiger partial charge in [-0.1, -0.05) is 67.8 Å². The van der Waals surface area contributed by atoms with E-state index >= 15 is 0 Å². The fraction of sp³-hybridized carbons (Fsp3) is 0.708. The van der Waals surface area contributed by atoms with Gasteiger partial charge in [-0.15, -0.1) is 0 Å². The molecule has 29 heavy (non-hydrogen) atoms. The van der Waals surface area contributed by atoms with Gasteiger partial charge in [0.05, 0.1) is 12.7 Å². The number of nitriles is 1. The Kier molecular flexibility index (Phi) is 12.4. The summed E-state index contributed by atoms with van der Waals surface area (Å²) in [4.78, 5) is 4.88. The van der Waals surface area contributed by atoms with Crippen LogP contribution in [-0.2, 0) is 6.54 Å². The lowest BCUT2D eigenvalue weighted by atomic mass is 10.1. The summed E-state index contributed by atoms with van der Waals surface area (Å²) in [6.45, 7) is 9.10. The molecule has 0 unspecified atom stereocenters. The highest BCUT2D eigenvalue weighted by atomic mass is 79.9. The third-order valence-corrected chi connectivity index (χ3v) is 6.17. The molecule has 1 aliphatic heterocycles. The molecule has 1 saturated heterocycles. The van der Waals surface area contributed by atoms with Crippen molar-refractivity contribution in [3.8, 4) is 11.8 Å². The molecule has 0 saturated carbocycles. The van der Waals surface area contributed by atoms with Crippen molar-refractivity contribution >= 4 is 15.9 Å². The smallest absolute Gasteiger partial charge is 0.123 e. The van der Waals surface area contributed by atoms with Crippen molar-refractivity contribution < 1.29 is 4.74 Å². The molecule has 0 N–H and O–H groups in total. The van der Waals surface area contributed by atoms with Crippen LogP contribution >= 0.6 is 15.9 Å². The topological polar surface area (TPSA) is 39.5 Å². The van der Waals surface area contributed by atoms with Crippen molar-refractivity contribution in [1.29, 1.82) is 5.26 Å². The zero-order chi connectivity index (χ0) is 20.7. The Morgan fingerprint density at radius 3 is 2.31 bits per heavy atom. The van der Waals surface area contributed by atoms with E-state index < -0.39 is 0 Å². The fourth-order valence-electron chi connectivity index (χ4n) is 3.85. The third-order valence-electron chi connectivity index (χ3n) is 5.68. The van der Waals surface area contributed by atoms with Gasteiger partial charge in [0.2, 0.25) is 0 Å². The predicted octanol–water partition coefficient (Wildman–Crippen LogP) is 6.00. The second-order valence-corrected chi connectivity index (χ2v) is 9.02. The van der Waals surface area contributed by atoms with E-state index in [4.69, 9.17) is 10.00 Å². The van der Waals surface area contributed by atoms with Gasteiger partial charge in [0.1, 0.15) is 5.75 Å². The van der Waals surface area contributed by atoms with E-state index in [1.807, 2.05) is 0 Å². The van der Waals surface area contributed by atoms with Gasteiger partial charge in [-0.25, -0.2) is 0 Å². The van der Waals surface area contributed by atoms with Gasteiger partial charge in [0.25, 0.3) is 0 Å². The first-order valence-electron chi connectivity index (χ1n) is 11.5. The van der Waals surface area contributed by atoms with E-state index in [0.717, 1.165) is 62.5 Å². The number of nitrogens with zero attached hydrogens (tertiary/aromatic N) is 3. The van der Waals surface area contributed by atoms with Crippen LogP contribution in [0.5, 0.6) is 5.75 Å². The summed E-state index contributed by atoms with van der Waals surface area (Å²) in [6, 6.07) is 8.63. The maximum Gasteiger partial charge on any atom is 0.123 e. The molecule has 1 aromatic carbocycles. The van der Waals surface area contributed by atoms with Crippen LogP contribution in [0.3, 0.4) is 0 Å². The lowest BCUT2D eigenvalue weighted by Crippen LogP contribution is -2.46. The first-order valence-corrected chi connectivity index (χ1v) is 12.2. The highest BCUT2D eigenvalue weighted by Gasteiger charge is 2.18. The summed E-state index contributed by atoms with van der Waals surface area (Å²) in [5, 5.41) is 8.76. The van der Waals surface area contributed by atoms with E-state index in [0.29, 0.717) is 6.42 Å². The first kappa shape index (κ1) is 24.2. The molecule has 162 valence electrons. The average molecular weight is 464 g/mol. The standard InChI is InChI=1S/C24H38BrN3O/c1-2-3-4-5-6-7-8-9-19-29-24-12-11-23(25)20-22(24)21-28-17-15-27(16-18-28)14-10-13-26/h11-12,20H,2-10,14-19,21H2,1H3. The third kappa shape index (κ3) is 9.98. The molecule has 2 rings (SSSR count). The molecule has 0 spiro atoms. The molecule has 1 aromatic rings. The van der Waals surface area contributed by atoms with Crippen molar-refractivity contribution in [3.05, 3.63) is 28.2 Å². The second kappa shape index (κ2) is 14.8. The molecule has 0 aliphatic carbocycles. The molecule has 0 atom stereocenters. The molecule has 0 radical (unpaired) electrons. The minimum atomic E-state index is 0.627. The number of unbranched alkanes of at least 4 members (excludes halogenated alkanes) is 7. The van der Waals surface area contributed by atoms with E-state index in [-0.39, 0.29) is 0 Å². The normalized spacial score (nSPS) is 15.3. The number of rotatable bonds is 14. The van der Waals surface area contributed by atoms with Crippen molar-refractivity contribution in [2.24, 2.45) is 0 Å². The fourth-order valence-corrected chi connectivity index (χ4v) is 4.26. The van der Waals surface area contributed by atoms with Crippen molar-refractivity contribution in [3.63, 3.8) is 0 Å². The molecule has 5 heteroatoms. The van der Waals surface area contributed by atoms with Crippen LogP contribution in [-0.4, -0.2) is 49.1 Å². The van der Waals surface area contributed by atoms with E-state index in [9.17, 15) is 0 Å². The number of benzene rings is 1. The van der Waals surface area contributed by atoms with Gasteiger partial charge < -0.3 is 4.74 Å². The number of hydrogen-bond acceptors (Lipinski definition) is 4. The number of ether oxygens (including phenoxy) is 1.